The molecule has 16 heavy (non-hydrogen) atoms. The van der Waals surface area contributed by atoms with Gasteiger partial charge in [0.15, 0.2) is 5.85 Å². The summed E-state index contributed by atoms with van der Waals surface area (Å²) in [6.45, 7) is 0. The van der Waals surface area contributed by atoms with Gasteiger partial charge in [0.2, 0.25) is 0 Å². The molecular weight excluding hydrogens is 254 g/mol. The molecule has 3 atom stereocenters. The second-order valence-electron chi connectivity index (χ2n) is 3.09. The molecule has 0 spiro atoms. The molecule has 90 valence electrons. The quantitative estimate of drug-likeness (QED) is 0.690. The number of rotatable bonds is 5. The van der Waals surface area contributed by atoms with E-state index in [1.165, 1.54) is 0 Å². The second-order valence-corrected chi connectivity index (χ2v) is 6.08. The summed E-state index contributed by atoms with van der Waals surface area (Å²) >= 11 is 0. The standard InChI is InChI=1S/C8H12O6P2/c9-8(16(12,13)14-15(10)11)6-7-4-2-1-3-5-7/h1-5,8-9,15H,6H2,(H,10,11)(H,12,13). The van der Waals surface area contributed by atoms with E-state index in [0.717, 1.165) is 0 Å². The molecule has 6 nitrogen and oxygen atoms in total. The van der Waals surface area contributed by atoms with Crippen molar-refractivity contribution in [3.63, 3.8) is 0 Å². The highest BCUT2D eigenvalue weighted by molar-refractivity contribution is 7.60. The maximum atomic E-state index is 11.3. The van der Waals surface area contributed by atoms with Gasteiger partial charge >= 0.3 is 15.9 Å². The van der Waals surface area contributed by atoms with Crippen molar-refractivity contribution in [3.8, 4) is 0 Å². The first-order chi connectivity index (χ1) is 7.42. The molecule has 0 aliphatic rings. The van der Waals surface area contributed by atoms with Gasteiger partial charge in [0.1, 0.15) is 0 Å². The van der Waals surface area contributed by atoms with Crippen molar-refractivity contribution in [2.45, 2.75) is 12.3 Å². The zero-order valence-electron chi connectivity index (χ0n) is 8.18. The molecule has 0 saturated carbocycles. The van der Waals surface area contributed by atoms with E-state index < -0.39 is 21.7 Å². The summed E-state index contributed by atoms with van der Waals surface area (Å²) in [7, 11) is -8.02. The van der Waals surface area contributed by atoms with Gasteiger partial charge in [0.25, 0.3) is 0 Å². The van der Waals surface area contributed by atoms with E-state index in [4.69, 9.17) is 9.79 Å². The lowest BCUT2D eigenvalue weighted by Crippen LogP contribution is -2.11. The van der Waals surface area contributed by atoms with E-state index >= 15 is 0 Å². The van der Waals surface area contributed by atoms with Crippen LogP contribution in [0.15, 0.2) is 30.3 Å². The van der Waals surface area contributed by atoms with E-state index in [1.54, 1.807) is 30.3 Å². The van der Waals surface area contributed by atoms with Crippen molar-refractivity contribution in [3.05, 3.63) is 35.9 Å². The van der Waals surface area contributed by atoms with E-state index in [1.807, 2.05) is 0 Å². The average Bonchev–Trinajstić information content (AvgIpc) is 2.17. The Labute approximate surface area is 93.0 Å². The molecule has 8 heteroatoms. The molecule has 1 aromatic carbocycles. The van der Waals surface area contributed by atoms with Gasteiger partial charge in [0.05, 0.1) is 0 Å². The predicted octanol–water partition coefficient (Wildman–Crippen LogP) is 1.13. The van der Waals surface area contributed by atoms with Crippen LogP contribution in [-0.4, -0.2) is 20.7 Å². The first-order valence-electron chi connectivity index (χ1n) is 4.39. The van der Waals surface area contributed by atoms with E-state index in [-0.39, 0.29) is 6.42 Å². The molecule has 0 amide bonds. The van der Waals surface area contributed by atoms with Crippen LogP contribution < -0.4 is 0 Å². The lowest BCUT2D eigenvalue weighted by molar-refractivity contribution is 0.203. The molecule has 0 bridgehead atoms. The monoisotopic (exact) mass is 266 g/mol. The molecule has 0 aliphatic carbocycles. The molecular formula is C8H12O6P2. The maximum Gasteiger partial charge on any atom is 0.363 e. The molecule has 0 aliphatic heterocycles. The number of hydrogen-bond donors (Lipinski definition) is 3. The van der Waals surface area contributed by atoms with Crippen LogP contribution in [0.4, 0.5) is 0 Å². The van der Waals surface area contributed by atoms with Gasteiger partial charge in [-0.05, 0) is 5.56 Å². The van der Waals surface area contributed by atoms with Crippen LogP contribution in [0.25, 0.3) is 0 Å². The largest absolute Gasteiger partial charge is 0.380 e. The first-order valence-corrected chi connectivity index (χ1v) is 7.30. The molecule has 0 radical (unpaired) electrons. The molecule has 0 saturated heterocycles. The summed E-state index contributed by atoms with van der Waals surface area (Å²) in [4.78, 5) is 17.5. The maximum absolute atomic E-state index is 11.3. The molecule has 1 rings (SSSR count). The van der Waals surface area contributed by atoms with Gasteiger partial charge in [0, 0.05) is 6.42 Å². The van der Waals surface area contributed by atoms with E-state index in [0.29, 0.717) is 5.56 Å². The smallest absolute Gasteiger partial charge is 0.363 e. The fourth-order valence-corrected chi connectivity index (χ4v) is 2.94. The van der Waals surface area contributed by atoms with Crippen molar-refractivity contribution < 1.29 is 28.3 Å². The normalized spacial score (nSPS) is 18.7. The zero-order chi connectivity index (χ0) is 12.2. The van der Waals surface area contributed by atoms with Gasteiger partial charge in [-0.15, -0.1) is 0 Å². The topological polar surface area (TPSA) is 104 Å². The van der Waals surface area contributed by atoms with Gasteiger partial charge in [-0.25, -0.2) is 4.31 Å². The van der Waals surface area contributed by atoms with Crippen LogP contribution in [-0.2, 0) is 19.9 Å². The van der Waals surface area contributed by atoms with Gasteiger partial charge in [-0.2, -0.15) is 0 Å². The summed E-state index contributed by atoms with van der Waals surface area (Å²) in [6, 6.07) is 8.49. The second kappa shape index (κ2) is 5.73. The van der Waals surface area contributed by atoms with Crippen LogP contribution >= 0.6 is 15.9 Å². The Morgan fingerprint density at radius 2 is 1.94 bits per heavy atom. The Morgan fingerprint density at radius 1 is 1.38 bits per heavy atom. The summed E-state index contributed by atoms with van der Waals surface area (Å²) in [5, 5.41) is 9.41. The van der Waals surface area contributed by atoms with Crippen LogP contribution in [0.1, 0.15) is 5.56 Å². The van der Waals surface area contributed by atoms with Crippen LogP contribution in [0.5, 0.6) is 0 Å². The summed E-state index contributed by atoms with van der Waals surface area (Å²) < 4.78 is 25.5. The highest BCUT2D eigenvalue weighted by Gasteiger charge is 2.32. The highest BCUT2D eigenvalue weighted by Crippen LogP contribution is 2.53. The summed E-state index contributed by atoms with van der Waals surface area (Å²) in [5.74, 6) is -1.71. The lowest BCUT2D eigenvalue weighted by Gasteiger charge is -2.16. The summed E-state index contributed by atoms with van der Waals surface area (Å²) in [6.07, 6.45) is -0.121. The summed E-state index contributed by atoms with van der Waals surface area (Å²) in [5.41, 5.74) is 0.630. The van der Waals surface area contributed by atoms with Gasteiger partial charge < -0.3 is 14.9 Å². The number of benzene rings is 1. The molecule has 3 unspecified atom stereocenters. The van der Waals surface area contributed by atoms with Gasteiger partial charge in [-0.1, -0.05) is 30.3 Å². The van der Waals surface area contributed by atoms with Crippen LogP contribution in [0.3, 0.4) is 0 Å². The minimum atomic E-state index is -4.47. The Bertz CT molecular complexity index is 406. The third-order valence-corrected chi connectivity index (χ3v) is 4.45. The van der Waals surface area contributed by atoms with E-state index in [9.17, 15) is 14.2 Å². The predicted molar refractivity (Wildman–Crippen MR) is 58.3 cm³/mol. The van der Waals surface area contributed by atoms with E-state index in [2.05, 4.69) is 4.31 Å². The molecule has 1 aromatic rings. The van der Waals surface area contributed by atoms with Gasteiger partial charge in [-0.3, -0.25) is 9.13 Å². The van der Waals surface area contributed by atoms with Crippen molar-refractivity contribution >= 4 is 15.9 Å². The minimum absolute atomic E-state index is 0.121. The Balaban J connectivity index is 2.68. The molecule has 0 fully saturated rings. The van der Waals surface area contributed by atoms with Crippen molar-refractivity contribution in [2.24, 2.45) is 0 Å². The first kappa shape index (κ1) is 13.6. The van der Waals surface area contributed by atoms with Crippen molar-refractivity contribution in [2.75, 3.05) is 0 Å². The molecule has 3 N–H and O–H groups in total. The minimum Gasteiger partial charge on any atom is -0.380 e. The molecule has 0 aromatic heterocycles. The van der Waals surface area contributed by atoms with Crippen LogP contribution in [0.2, 0.25) is 0 Å². The lowest BCUT2D eigenvalue weighted by atomic mass is 10.2. The fraction of sp³-hybridized carbons (Fsp3) is 0.250. The Hall–Kier alpha value is -0.480. The Morgan fingerprint density at radius 3 is 2.44 bits per heavy atom. The molecule has 0 heterocycles. The zero-order valence-corrected chi connectivity index (χ0v) is 10.1. The SMILES string of the molecule is O=[PH](O)OP(=O)(O)C(O)Cc1ccccc1. The number of aliphatic hydroxyl groups excluding tert-OH is 1. The Kier molecular flexibility index (Phi) is 4.87. The van der Waals surface area contributed by atoms with Crippen LogP contribution in [0, 0.1) is 0 Å². The number of aliphatic hydroxyl groups is 1. The average molecular weight is 266 g/mol. The number of hydrogen-bond acceptors (Lipinski definition) is 4. The highest BCUT2D eigenvalue weighted by atomic mass is 31.2. The van der Waals surface area contributed by atoms with Crippen molar-refractivity contribution in [1.82, 2.24) is 0 Å². The fourth-order valence-electron chi connectivity index (χ4n) is 1.11. The third kappa shape index (κ3) is 4.18. The third-order valence-electron chi connectivity index (χ3n) is 1.85. The van der Waals surface area contributed by atoms with Crippen molar-refractivity contribution in [1.29, 1.82) is 0 Å².